The summed E-state index contributed by atoms with van der Waals surface area (Å²) >= 11 is 3.24. The molecule has 2 nitrogen and oxygen atoms in total. The van der Waals surface area contributed by atoms with E-state index in [9.17, 15) is 18.3 Å². The number of pyridine rings is 1. The molecule has 6 heteroatoms. The monoisotopic (exact) mass is 345 g/mol. The van der Waals surface area contributed by atoms with Crippen LogP contribution in [0.2, 0.25) is 0 Å². The van der Waals surface area contributed by atoms with Crippen LogP contribution in [0.5, 0.6) is 0 Å². The van der Waals surface area contributed by atoms with Gasteiger partial charge in [0.15, 0.2) is 0 Å². The van der Waals surface area contributed by atoms with E-state index in [0.29, 0.717) is 5.69 Å². The van der Waals surface area contributed by atoms with Gasteiger partial charge in [0.05, 0.1) is 11.7 Å². The zero-order valence-corrected chi connectivity index (χ0v) is 11.8. The highest BCUT2D eigenvalue weighted by atomic mass is 79.9. The zero-order valence-electron chi connectivity index (χ0n) is 10.2. The van der Waals surface area contributed by atoms with E-state index in [1.165, 1.54) is 12.1 Å². The van der Waals surface area contributed by atoms with Gasteiger partial charge >= 0.3 is 6.18 Å². The fraction of sp³-hybridized carbons (Fsp3) is 0.214. The largest absolute Gasteiger partial charge is 0.416 e. The second kappa shape index (κ2) is 5.93. The first-order valence-corrected chi connectivity index (χ1v) is 6.61. The van der Waals surface area contributed by atoms with E-state index in [1.807, 2.05) is 0 Å². The van der Waals surface area contributed by atoms with Crippen molar-refractivity contribution in [3.05, 3.63) is 63.9 Å². The molecule has 1 atom stereocenters. The molecular formula is C14H11BrF3NO. The zero-order chi connectivity index (χ0) is 14.8. The van der Waals surface area contributed by atoms with Gasteiger partial charge in [-0.3, -0.25) is 4.98 Å². The molecule has 0 saturated heterocycles. The summed E-state index contributed by atoms with van der Waals surface area (Å²) in [5.74, 6) is 0. The number of nitrogens with zero attached hydrogens (tertiary/aromatic N) is 1. The Morgan fingerprint density at radius 1 is 1.20 bits per heavy atom. The molecule has 1 aromatic heterocycles. The van der Waals surface area contributed by atoms with Gasteiger partial charge in [-0.05, 0) is 45.8 Å². The Balaban J connectivity index is 2.17. The van der Waals surface area contributed by atoms with Crippen molar-refractivity contribution in [2.24, 2.45) is 0 Å². The lowest BCUT2D eigenvalue weighted by molar-refractivity contribution is -0.137. The minimum atomic E-state index is -4.41. The molecule has 0 aliphatic carbocycles. The summed E-state index contributed by atoms with van der Waals surface area (Å²) in [6, 6.07) is 8.18. The molecule has 1 aromatic carbocycles. The standard InChI is InChI=1S/C14H11BrF3NO/c15-11-4-5-12(19-8-11)7-13(20)9-2-1-3-10(6-9)14(16,17)18/h1-6,8,13,20H,7H2. The van der Waals surface area contributed by atoms with Gasteiger partial charge < -0.3 is 5.11 Å². The van der Waals surface area contributed by atoms with E-state index in [-0.39, 0.29) is 12.0 Å². The number of benzene rings is 1. The highest BCUT2D eigenvalue weighted by molar-refractivity contribution is 9.10. The smallest absolute Gasteiger partial charge is 0.388 e. The average Bonchev–Trinajstić information content (AvgIpc) is 2.40. The molecule has 1 heterocycles. The van der Waals surface area contributed by atoms with Crippen molar-refractivity contribution in [2.45, 2.75) is 18.7 Å². The molecule has 20 heavy (non-hydrogen) atoms. The number of hydrogen-bond acceptors (Lipinski definition) is 2. The predicted octanol–water partition coefficient (Wildman–Crippen LogP) is 4.14. The van der Waals surface area contributed by atoms with Crippen LogP contribution in [0.3, 0.4) is 0 Å². The predicted molar refractivity (Wildman–Crippen MR) is 72.0 cm³/mol. The minimum absolute atomic E-state index is 0.161. The molecule has 2 aromatic rings. The van der Waals surface area contributed by atoms with Crippen LogP contribution in [-0.2, 0) is 12.6 Å². The van der Waals surface area contributed by atoms with Crippen molar-refractivity contribution in [1.82, 2.24) is 4.98 Å². The third kappa shape index (κ3) is 3.80. The number of halogens is 4. The van der Waals surface area contributed by atoms with Crippen molar-refractivity contribution >= 4 is 15.9 Å². The molecule has 0 radical (unpaired) electrons. The Morgan fingerprint density at radius 3 is 2.55 bits per heavy atom. The molecule has 1 N–H and O–H groups in total. The van der Waals surface area contributed by atoms with E-state index in [1.54, 1.807) is 18.3 Å². The van der Waals surface area contributed by atoms with Crippen molar-refractivity contribution in [1.29, 1.82) is 0 Å². The summed E-state index contributed by atoms with van der Waals surface area (Å²) in [5.41, 5.74) is 0.0699. The highest BCUT2D eigenvalue weighted by Crippen LogP contribution is 2.31. The highest BCUT2D eigenvalue weighted by Gasteiger charge is 2.30. The first kappa shape index (κ1) is 15.0. The SMILES string of the molecule is OC(Cc1ccc(Br)cn1)c1cccc(C(F)(F)F)c1. The van der Waals surface area contributed by atoms with Crippen molar-refractivity contribution < 1.29 is 18.3 Å². The Bertz CT molecular complexity index is 584. The normalized spacial score (nSPS) is 13.2. The Kier molecular flexibility index (Phi) is 4.45. The average molecular weight is 346 g/mol. The third-order valence-electron chi connectivity index (χ3n) is 2.79. The third-order valence-corrected chi connectivity index (χ3v) is 3.26. The lowest BCUT2D eigenvalue weighted by Crippen LogP contribution is -2.08. The topological polar surface area (TPSA) is 33.1 Å². The Morgan fingerprint density at radius 2 is 1.95 bits per heavy atom. The number of alkyl halides is 3. The lowest BCUT2D eigenvalue weighted by Gasteiger charge is -2.13. The molecule has 0 aliphatic rings. The van der Waals surface area contributed by atoms with Crippen LogP contribution in [0.1, 0.15) is 22.9 Å². The minimum Gasteiger partial charge on any atom is -0.388 e. The summed E-state index contributed by atoms with van der Waals surface area (Å²) in [5, 5.41) is 10.0. The first-order chi connectivity index (χ1) is 9.36. The molecular weight excluding hydrogens is 335 g/mol. The number of aromatic nitrogens is 1. The molecule has 0 spiro atoms. The fourth-order valence-corrected chi connectivity index (χ4v) is 2.00. The number of rotatable bonds is 3. The molecule has 106 valence electrons. The summed E-state index contributed by atoms with van der Waals surface area (Å²) < 4.78 is 38.6. The molecule has 2 rings (SSSR count). The van der Waals surface area contributed by atoms with Gasteiger partial charge in [-0.25, -0.2) is 0 Å². The van der Waals surface area contributed by atoms with Crippen LogP contribution in [0, 0.1) is 0 Å². The van der Waals surface area contributed by atoms with Crippen LogP contribution in [-0.4, -0.2) is 10.1 Å². The van der Waals surface area contributed by atoms with Gasteiger partial charge in [-0.1, -0.05) is 12.1 Å². The quantitative estimate of drug-likeness (QED) is 0.906. The molecule has 0 saturated carbocycles. The number of aliphatic hydroxyl groups excluding tert-OH is 1. The molecule has 0 amide bonds. The first-order valence-electron chi connectivity index (χ1n) is 5.82. The van der Waals surface area contributed by atoms with E-state index < -0.39 is 17.8 Å². The van der Waals surface area contributed by atoms with Gasteiger partial charge in [0.1, 0.15) is 0 Å². The van der Waals surface area contributed by atoms with Gasteiger partial charge in [-0.2, -0.15) is 13.2 Å². The summed E-state index contributed by atoms with van der Waals surface area (Å²) in [4.78, 5) is 4.09. The van der Waals surface area contributed by atoms with Crippen LogP contribution >= 0.6 is 15.9 Å². The molecule has 0 aliphatic heterocycles. The Hall–Kier alpha value is -1.40. The van der Waals surface area contributed by atoms with Gasteiger partial charge in [0.2, 0.25) is 0 Å². The fourth-order valence-electron chi connectivity index (χ4n) is 1.77. The van der Waals surface area contributed by atoms with Gasteiger partial charge in [-0.15, -0.1) is 0 Å². The summed E-state index contributed by atoms with van der Waals surface area (Å²) in [6.45, 7) is 0. The molecule has 1 unspecified atom stereocenters. The van der Waals surface area contributed by atoms with E-state index in [4.69, 9.17) is 0 Å². The maximum atomic E-state index is 12.6. The van der Waals surface area contributed by atoms with Crippen LogP contribution < -0.4 is 0 Å². The van der Waals surface area contributed by atoms with Crippen LogP contribution in [0.25, 0.3) is 0 Å². The Labute approximate surface area is 122 Å². The number of aliphatic hydroxyl groups is 1. The lowest BCUT2D eigenvalue weighted by atomic mass is 10.0. The maximum absolute atomic E-state index is 12.6. The van der Waals surface area contributed by atoms with Crippen LogP contribution in [0.15, 0.2) is 47.1 Å². The second-order valence-electron chi connectivity index (χ2n) is 4.31. The van der Waals surface area contributed by atoms with E-state index in [0.717, 1.165) is 16.6 Å². The van der Waals surface area contributed by atoms with Gasteiger partial charge in [0, 0.05) is 22.8 Å². The second-order valence-corrected chi connectivity index (χ2v) is 5.23. The van der Waals surface area contributed by atoms with Crippen molar-refractivity contribution in [3.63, 3.8) is 0 Å². The van der Waals surface area contributed by atoms with Crippen LogP contribution in [0.4, 0.5) is 13.2 Å². The van der Waals surface area contributed by atoms with Crippen molar-refractivity contribution in [2.75, 3.05) is 0 Å². The molecule has 0 bridgehead atoms. The van der Waals surface area contributed by atoms with E-state index in [2.05, 4.69) is 20.9 Å². The molecule has 0 fully saturated rings. The van der Waals surface area contributed by atoms with Gasteiger partial charge in [0.25, 0.3) is 0 Å². The maximum Gasteiger partial charge on any atom is 0.416 e. The summed E-state index contributed by atoms with van der Waals surface area (Å²) in [7, 11) is 0. The van der Waals surface area contributed by atoms with Crippen molar-refractivity contribution in [3.8, 4) is 0 Å². The van der Waals surface area contributed by atoms with E-state index >= 15 is 0 Å². The number of hydrogen-bond donors (Lipinski definition) is 1. The summed E-state index contributed by atoms with van der Waals surface area (Å²) in [6.07, 6.45) is -3.69.